The summed E-state index contributed by atoms with van der Waals surface area (Å²) in [6, 6.07) is 0. The third-order valence-electron chi connectivity index (χ3n) is 3.28. The van der Waals surface area contributed by atoms with Crippen molar-refractivity contribution in [2.24, 2.45) is 4.99 Å². The molecule has 0 spiro atoms. The minimum absolute atomic E-state index is 0. The quantitative estimate of drug-likeness (QED) is 0.385. The number of rotatable bonds is 7. The standard InChI is InChI=1S/C14H24N8.HI/c1-4-13-20-18-11-21(13)7-5-16-14(15-3)17-6-8-22-10-12(2)9-19-22;/h9-11H,4-8H2,1-3H3,(H2,15,16,17);1H. The smallest absolute Gasteiger partial charge is 0.191 e. The molecule has 8 nitrogen and oxygen atoms in total. The number of aryl methyl sites for hydroxylation is 2. The lowest BCUT2D eigenvalue weighted by molar-refractivity contribution is 0.591. The first-order valence-electron chi connectivity index (χ1n) is 7.53. The average molecular weight is 432 g/mol. The van der Waals surface area contributed by atoms with Crippen LogP contribution in [-0.2, 0) is 19.5 Å². The maximum Gasteiger partial charge on any atom is 0.191 e. The van der Waals surface area contributed by atoms with Crippen LogP contribution in [0.1, 0.15) is 18.3 Å². The highest BCUT2D eigenvalue weighted by Gasteiger charge is 2.02. The van der Waals surface area contributed by atoms with Crippen LogP contribution >= 0.6 is 24.0 Å². The first-order chi connectivity index (χ1) is 10.7. The number of hydrogen-bond acceptors (Lipinski definition) is 4. The van der Waals surface area contributed by atoms with E-state index in [9.17, 15) is 0 Å². The van der Waals surface area contributed by atoms with Crippen molar-refractivity contribution in [2.45, 2.75) is 33.4 Å². The summed E-state index contributed by atoms with van der Waals surface area (Å²) >= 11 is 0. The Kier molecular flexibility index (Phi) is 8.59. The lowest BCUT2D eigenvalue weighted by Gasteiger charge is -2.12. The predicted molar refractivity (Wildman–Crippen MR) is 101 cm³/mol. The normalized spacial score (nSPS) is 11.2. The fourth-order valence-corrected chi connectivity index (χ4v) is 2.13. The molecule has 2 N–H and O–H groups in total. The summed E-state index contributed by atoms with van der Waals surface area (Å²) in [4.78, 5) is 4.21. The SMILES string of the molecule is CCc1nncn1CCNC(=NC)NCCn1cc(C)cn1.I. The van der Waals surface area contributed by atoms with Gasteiger partial charge in [0, 0.05) is 39.3 Å². The number of nitrogens with zero attached hydrogens (tertiary/aromatic N) is 6. The lowest BCUT2D eigenvalue weighted by Crippen LogP contribution is -2.40. The van der Waals surface area contributed by atoms with Gasteiger partial charge < -0.3 is 15.2 Å². The average Bonchev–Trinajstić information content (AvgIpc) is 3.14. The molecule has 0 aliphatic rings. The summed E-state index contributed by atoms with van der Waals surface area (Å²) in [6.07, 6.45) is 6.53. The highest BCUT2D eigenvalue weighted by molar-refractivity contribution is 14.0. The summed E-state index contributed by atoms with van der Waals surface area (Å²) in [7, 11) is 1.77. The van der Waals surface area contributed by atoms with Crippen LogP contribution in [0.4, 0.5) is 0 Å². The Balaban J connectivity index is 0.00000264. The monoisotopic (exact) mass is 432 g/mol. The van der Waals surface area contributed by atoms with E-state index in [0.717, 1.165) is 44.4 Å². The Morgan fingerprint density at radius 2 is 2.00 bits per heavy atom. The molecule has 0 unspecified atom stereocenters. The maximum absolute atomic E-state index is 4.25. The van der Waals surface area contributed by atoms with E-state index in [2.05, 4.69) is 37.8 Å². The van der Waals surface area contributed by atoms with Gasteiger partial charge in [0.25, 0.3) is 0 Å². The van der Waals surface area contributed by atoms with Gasteiger partial charge in [-0.25, -0.2) is 0 Å². The van der Waals surface area contributed by atoms with Crippen LogP contribution in [0.2, 0.25) is 0 Å². The van der Waals surface area contributed by atoms with Crippen molar-refractivity contribution in [3.8, 4) is 0 Å². The van der Waals surface area contributed by atoms with E-state index in [1.807, 2.05) is 28.6 Å². The highest BCUT2D eigenvalue weighted by Crippen LogP contribution is 1.95. The van der Waals surface area contributed by atoms with Crippen molar-refractivity contribution >= 4 is 29.9 Å². The summed E-state index contributed by atoms with van der Waals surface area (Å²) in [5.74, 6) is 1.79. The molecule has 128 valence electrons. The van der Waals surface area contributed by atoms with Crippen molar-refractivity contribution in [3.63, 3.8) is 0 Å². The Morgan fingerprint density at radius 3 is 2.61 bits per heavy atom. The van der Waals surface area contributed by atoms with Gasteiger partial charge in [0.15, 0.2) is 5.96 Å². The molecular formula is C14H25IN8. The zero-order valence-electron chi connectivity index (χ0n) is 13.9. The molecule has 0 bridgehead atoms. The molecule has 0 amide bonds. The minimum Gasteiger partial charge on any atom is -0.355 e. The number of aromatic nitrogens is 5. The Morgan fingerprint density at radius 1 is 1.26 bits per heavy atom. The molecule has 0 aromatic carbocycles. The number of nitrogens with one attached hydrogen (secondary N) is 2. The van der Waals surface area contributed by atoms with E-state index in [4.69, 9.17) is 0 Å². The molecule has 0 atom stereocenters. The minimum atomic E-state index is 0. The maximum atomic E-state index is 4.25. The molecule has 2 heterocycles. The third kappa shape index (κ3) is 6.16. The van der Waals surface area contributed by atoms with Crippen molar-refractivity contribution in [1.82, 2.24) is 35.2 Å². The largest absolute Gasteiger partial charge is 0.355 e. The second-order valence-electron chi connectivity index (χ2n) is 5.00. The molecular weight excluding hydrogens is 407 g/mol. The van der Waals surface area contributed by atoms with Crippen LogP contribution in [0.25, 0.3) is 0 Å². The fourth-order valence-electron chi connectivity index (χ4n) is 2.13. The van der Waals surface area contributed by atoms with Crippen molar-refractivity contribution in [3.05, 3.63) is 30.1 Å². The first-order valence-corrected chi connectivity index (χ1v) is 7.53. The topological polar surface area (TPSA) is 85.0 Å². The summed E-state index contributed by atoms with van der Waals surface area (Å²) < 4.78 is 3.97. The van der Waals surface area contributed by atoms with E-state index in [1.54, 1.807) is 13.4 Å². The number of aliphatic imine (C=N–C) groups is 1. The Bertz CT molecular complexity index is 603. The number of guanidine groups is 1. The van der Waals surface area contributed by atoms with Crippen molar-refractivity contribution < 1.29 is 0 Å². The van der Waals surface area contributed by atoms with Crippen LogP contribution in [0.15, 0.2) is 23.7 Å². The van der Waals surface area contributed by atoms with Crippen molar-refractivity contribution in [2.75, 3.05) is 20.1 Å². The van der Waals surface area contributed by atoms with Crippen LogP contribution in [0, 0.1) is 6.92 Å². The lowest BCUT2D eigenvalue weighted by atomic mass is 10.4. The van der Waals surface area contributed by atoms with Gasteiger partial charge in [-0.2, -0.15) is 5.10 Å². The molecule has 0 aliphatic carbocycles. The van der Waals surface area contributed by atoms with E-state index in [-0.39, 0.29) is 24.0 Å². The molecule has 0 saturated carbocycles. The van der Waals surface area contributed by atoms with Gasteiger partial charge in [0.1, 0.15) is 12.2 Å². The predicted octanol–water partition coefficient (Wildman–Crippen LogP) is 0.829. The molecule has 0 aliphatic heterocycles. The van der Waals surface area contributed by atoms with Gasteiger partial charge in [-0.15, -0.1) is 34.2 Å². The Hall–Kier alpha value is -1.65. The molecule has 9 heteroatoms. The van der Waals surface area contributed by atoms with Crippen LogP contribution < -0.4 is 10.6 Å². The third-order valence-corrected chi connectivity index (χ3v) is 3.28. The van der Waals surface area contributed by atoms with E-state index < -0.39 is 0 Å². The molecule has 2 aromatic rings. The molecule has 23 heavy (non-hydrogen) atoms. The van der Waals surface area contributed by atoms with E-state index in [1.165, 1.54) is 5.56 Å². The fraction of sp³-hybridized carbons (Fsp3) is 0.571. The summed E-state index contributed by atoms with van der Waals surface area (Å²) in [5.41, 5.74) is 1.17. The number of halogens is 1. The molecule has 0 saturated heterocycles. The summed E-state index contributed by atoms with van der Waals surface area (Å²) in [5, 5.41) is 18.8. The van der Waals surface area contributed by atoms with E-state index >= 15 is 0 Å². The van der Waals surface area contributed by atoms with Crippen LogP contribution in [-0.4, -0.2) is 50.6 Å². The van der Waals surface area contributed by atoms with Gasteiger partial charge in [0.05, 0.1) is 12.7 Å². The second-order valence-corrected chi connectivity index (χ2v) is 5.00. The first kappa shape index (κ1) is 19.4. The van der Waals surface area contributed by atoms with Gasteiger partial charge in [-0.1, -0.05) is 6.92 Å². The van der Waals surface area contributed by atoms with Gasteiger partial charge in [0.2, 0.25) is 0 Å². The molecule has 0 radical (unpaired) electrons. The van der Waals surface area contributed by atoms with Gasteiger partial charge >= 0.3 is 0 Å². The summed E-state index contributed by atoms with van der Waals surface area (Å²) in [6.45, 7) is 7.27. The molecule has 2 aromatic heterocycles. The zero-order chi connectivity index (χ0) is 15.8. The highest BCUT2D eigenvalue weighted by atomic mass is 127. The zero-order valence-corrected chi connectivity index (χ0v) is 16.2. The van der Waals surface area contributed by atoms with Crippen molar-refractivity contribution in [1.29, 1.82) is 0 Å². The van der Waals surface area contributed by atoms with Crippen LogP contribution in [0.5, 0.6) is 0 Å². The van der Waals surface area contributed by atoms with E-state index in [0.29, 0.717) is 0 Å². The molecule has 0 fully saturated rings. The van der Waals surface area contributed by atoms with Gasteiger partial charge in [-0.3, -0.25) is 9.67 Å². The Labute approximate surface area is 153 Å². The van der Waals surface area contributed by atoms with Gasteiger partial charge in [-0.05, 0) is 12.5 Å². The number of hydrogen-bond donors (Lipinski definition) is 2. The second kappa shape index (κ2) is 10.2. The molecule has 2 rings (SSSR count). The van der Waals surface area contributed by atoms with Crippen LogP contribution in [0.3, 0.4) is 0 Å².